The third kappa shape index (κ3) is 2.87. The van der Waals surface area contributed by atoms with Gasteiger partial charge >= 0.3 is 0 Å². The second-order valence-corrected chi connectivity index (χ2v) is 10.2. The summed E-state index contributed by atoms with van der Waals surface area (Å²) in [6.07, 6.45) is 5.02. The van der Waals surface area contributed by atoms with Crippen LogP contribution in [0, 0.1) is 17.8 Å². The number of pyridine rings is 1. The van der Waals surface area contributed by atoms with E-state index in [9.17, 15) is 13.2 Å². The minimum Gasteiger partial charge on any atom is -0.376 e. The SMILES string of the molecule is CC1CC1C(=O)N1CC2(C1)C(COCc1cccnc1)CCS2(=O)=O. The number of carbonyl (C=O) groups is 1. The largest absolute Gasteiger partial charge is 0.376 e. The van der Waals surface area contributed by atoms with E-state index in [0.29, 0.717) is 38.6 Å². The van der Waals surface area contributed by atoms with E-state index in [1.165, 1.54) is 0 Å². The molecule has 1 aromatic heterocycles. The van der Waals surface area contributed by atoms with Gasteiger partial charge in [-0.1, -0.05) is 13.0 Å². The summed E-state index contributed by atoms with van der Waals surface area (Å²) in [5, 5.41) is 0. The fourth-order valence-corrected chi connectivity index (χ4v) is 6.57. The van der Waals surface area contributed by atoms with Crippen molar-refractivity contribution < 1.29 is 17.9 Å². The number of carbonyl (C=O) groups excluding carboxylic acids is 1. The Balaban J connectivity index is 1.38. The van der Waals surface area contributed by atoms with E-state index in [4.69, 9.17) is 4.74 Å². The molecule has 3 heterocycles. The highest BCUT2D eigenvalue weighted by molar-refractivity contribution is 7.93. The van der Waals surface area contributed by atoms with E-state index in [0.717, 1.165) is 12.0 Å². The first-order chi connectivity index (χ1) is 11.9. The van der Waals surface area contributed by atoms with Crippen LogP contribution < -0.4 is 0 Å². The number of ether oxygens (including phenoxy) is 1. The molecule has 3 atom stereocenters. The van der Waals surface area contributed by atoms with Gasteiger partial charge in [-0.2, -0.15) is 0 Å². The van der Waals surface area contributed by atoms with Crippen LogP contribution in [0.25, 0.3) is 0 Å². The van der Waals surface area contributed by atoms with Crippen LogP contribution in [0.3, 0.4) is 0 Å². The van der Waals surface area contributed by atoms with E-state index < -0.39 is 14.6 Å². The third-order valence-electron chi connectivity index (χ3n) is 6.06. The molecule has 3 fully saturated rings. The molecule has 2 saturated heterocycles. The summed E-state index contributed by atoms with van der Waals surface area (Å²) in [5.74, 6) is 0.866. The number of sulfone groups is 1. The van der Waals surface area contributed by atoms with Crippen molar-refractivity contribution in [3.63, 3.8) is 0 Å². The smallest absolute Gasteiger partial charge is 0.226 e. The number of rotatable bonds is 5. The maximum Gasteiger partial charge on any atom is 0.226 e. The molecule has 2 aliphatic heterocycles. The zero-order chi connectivity index (χ0) is 17.7. The predicted octanol–water partition coefficient (Wildman–Crippen LogP) is 1.27. The number of amides is 1. The summed E-state index contributed by atoms with van der Waals surface area (Å²) in [5.41, 5.74) is 0.977. The van der Waals surface area contributed by atoms with Crippen LogP contribution in [-0.2, 0) is 26.0 Å². The average molecular weight is 364 g/mol. The number of aromatic nitrogens is 1. The maximum atomic E-state index is 12.6. The minimum atomic E-state index is -3.17. The molecule has 1 aromatic rings. The Morgan fingerprint density at radius 3 is 2.84 bits per heavy atom. The lowest BCUT2D eigenvalue weighted by Gasteiger charge is -2.50. The first-order valence-electron chi connectivity index (χ1n) is 8.91. The van der Waals surface area contributed by atoms with Gasteiger partial charge in [-0.15, -0.1) is 0 Å². The molecule has 1 aliphatic carbocycles. The Hall–Kier alpha value is -1.47. The van der Waals surface area contributed by atoms with E-state index in [1.54, 1.807) is 17.3 Å². The lowest BCUT2D eigenvalue weighted by Crippen LogP contribution is -2.69. The van der Waals surface area contributed by atoms with Crippen molar-refractivity contribution in [3.05, 3.63) is 30.1 Å². The van der Waals surface area contributed by atoms with Gasteiger partial charge in [0, 0.05) is 37.3 Å². The van der Waals surface area contributed by atoms with Gasteiger partial charge in [0.05, 0.1) is 19.0 Å². The molecule has 3 unspecified atom stereocenters. The van der Waals surface area contributed by atoms with Crippen LogP contribution in [0.1, 0.15) is 25.3 Å². The molecule has 6 nitrogen and oxygen atoms in total. The number of hydrogen-bond donors (Lipinski definition) is 0. The number of nitrogens with zero attached hydrogens (tertiary/aromatic N) is 2. The molecule has 0 radical (unpaired) electrons. The maximum absolute atomic E-state index is 12.6. The summed E-state index contributed by atoms with van der Waals surface area (Å²) in [4.78, 5) is 18.1. The first-order valence-corrected chi connectivity index (χ1v) is 10.6. The van der Waals surface area contributed by atoms with Crippen molar-refractivity contribution in [3.8, 4) is 0 Å². The lowest BCUT2D eigenvalue weighted by molar-refractivity contribution is -0.139. The van der Waals surface area contributed by atoms with Crippen LogP contribution >= 0.6 is 0 Å². The lowest BCUT2D eigenvalue weighted by atomic mass is 9.83. The number of likely N-dealkylation sites (tertiary alicyclic amines) is 1. The molecule has 136 valence electrons. The predicted molar refractivity (Wildman–Crippen MR) is 92.4 cm³/mol. The molecular formula is C18H24N2O4S. The fraction of sp³-hybridized carbons (Fsp3) is 0.667. The molecule has 0 N–H and O–H groups in total. The first kappa shape index (κ1) is 17.0. The zero-order valence-electron chi connectivity index (χ0n) is 14.4. The highest BCUT2D eigenvalue weighted by Crippen LogP contribution is 2.47. The Morgan fingerprint density at radius 1 is 1.44 bits per heavy atom. The third-order valence-corrected chi connectivity index (χ3v) is 8.67. The molecular weight excluding hydrogens is 340 g/mol. The molecule has 25 heavy (non-hydrogen) atoms. The highest BCUT2D eigenvalue weighted by atomic mass is 32.2. The van der Waals surface area contributed by atoms with Crippen molar-refractivity contribution in [1.29, 1.82) is 0 Å². The van der Waals surface area contributed by atoms with E-state index in [2.05, 4.69) is 11.9 Å². The quantitative estimate of drug-likeness (QED) is 0.786. The van der Waals surface area contributed by atoms with Crippen LogP contribution in [0.15, 0.2) is 24.5 Å². The molecule has 1 amide bonds. The van der Waals surface area contributed by atoms with Crippen molar-refractivity contribution in [2.45, 2.75) is 31.1 Å². The van der Waals surface area contributed by atoms with Gasteiger partial charge < -0.3 is 9.64 Å². The van der Waals surface area contributed by atoms with Crippen LogP contribution in [-0.4, -0.2) is 54.4 Å². The van der Waals surface area contributed by atoms with Crippen molar-refractivity contribution in [1.82, 2.24) is 9.88 Å². The van der Waals surface area contributed by atoms with Crippen molar-refractivity contribution in [2.75, 3.05) is 25.4 Å². The topological polar surface area (TPSA) is 76.6 Å². The molecule has 4 rings (SSSR count). The van der Waals surface area contributed by atoms with Gasteiger partial charge in [0.1, 0.15) is 4.75 Å². The normalized spacial score (nSPS) is 31.7. The van der Waals surface area contributed by atoms with Gasteiger partial charge in [-0.05, 0) is 30.4 Å². The Labute approximate surface area is 148 Å². The van der Waals surface area contributed by atoms with Gasteiger partial charge in [-0.3, -0.25) is 9.78 Å². The van der Waals surface area contributed by atoms with E-state index >= 15 is 0 Å². The van der Waals surface area contributed by atoms with Gasteiger partial charge in [-0.25, -0.2) is 8.42 Å². The van der Waals surface area contributed by atoms with Crippen molar-refractivity contribution >= 4 is 15.7 Å². The van der Waals surface area contributed by atoms with Crippen LogP contribution in [0.5, 0.6) is 0 Å². The van der Waals surface area contributed by atoms with E-state index in [-0.39, 0.29) is 23.5 Å². The Bertz CT molecular complexity index is 759. The minimum absolute atomic E-state index is 0.0325. The van der Waals surface area contributed by atoms with Gasteiger partial charge in [0.15, 0.2) is 9.84 Å². The standard InChI is InChI=1S/C18H24N2O4S/c1-13-7-16(13)17(21)20-11-18(12-20)15(4-6-25(18,22)23)10-24-9-14-3-2-5-19-8-14/h2-3,5,8,13,15-16H,4,6-7,9-12H2,1H3. The Morgan fingerprint density at radius 2 is 2.20 bits per heavy atom. The second kappa shape index (κ2) is 6.06. The summed E-state index contributed by atoms with van der Waals surface area (Å²) >= 11 is 0. The van der Waals surface area contributed by atoms with Crippen LogP contribution in [0.4, 0.5) is 0 Å². The summed E-state index contributed by atoms with van der Waals surface area (Å²) in [7, 11) is -3.17. The Kier molecular flexibility index (Phi) is 4.11. The summed E-state index contributed by atoms with van der Waals surface area (Å²) in [6, 6.07) is 3.79. The zero-order valence-corrected chi connectivity index (χ0v) is 15.2. The molecule has 7 heteroatoms. The van der Waals surface area contributed by atoms with Crippen molar-refractivity contribution in [2.24, 2.45) is 17.8 Å². The van der Waals surface area contributed by atoms with E-state index in [1.807, 2.05) is 12.1 Å². The van der Waals surface area contributed by atoms with Gasteiger partial charge in [0.25, 0.3) is 0 Å². The molecule has 3 aliphatic rings. The van der Waals surface area contributed by atoms with Crippen LogP contribution in [0.2, 0.25) is 0 Å². The molecule has 1 saturated carbocycles. The molecule has 0 aromatic carbocycles. The highest BCUT2D eigenvalue weighted by Gasteiger charge is 2.63. The summed E-state index contributed by atoms with van der Waals surface area (Å²) < 4.78 is 30.3. The monoisotopic (exact) mass is 364 g/mol. The second-order valence-electron chi connectivity index (χ2n) is 7.76. The molecule has 0 bridgehead atoms. The average Bonchev–Trinajstić information content (AvgIpc) is 3.21. The van der Waals surface area contributed by atoms with Gasteiger partial charge in [0.2, 0.25) is 5.91 Å². The number of hydrogen-bond acceptors (Lipinski definition) is 5. The summed E-state index contributed by atoms with van der Waals surface area (Å²) in [6.45, 7) is 3.61. The molecule has 1 spiro atoms. The fourth-order valence-electron chi connectivity index (χ4n) is 4.17.